The van der Waals surface area contributed by atoms with Crippen molar-refractivity contribution in [3.8, 4) is 0 Å². The predicted molar refractivity (Wildman–Crippen MR) is 75.0 cm³/mol. The van der Waals surface area contributed by atoms with E-state index in [2.05, 4.69) is 24.1 Å². The highest BCUT2D eigenvalue weighted by Gasteiger charge is 2.18. The van der Waals surface area contributed by atoms with Gasteiger partial charge in [-0.15, -0.1) is 0 Å². The number of nitrogens with one attached hydrogen (secondary N) is 1. The van der Waals surface area contributed by atoms with E-state index in [1.807, 2.05) is 0 Å². The summed E-state index contributed by atoms with van der Waals surface area (Å²) in [5, 5.41) is 12.2. The summed E-state index contributed by atoms with van der Waals surface area (Å²) < 4.78 is 5.44. The highest BCUT2D eigenvalue weighted by atomic mass is 16.5. The van der Waals surface area contributed by atoms with E-state index in [0.717, 1.165) is 39.0 Å². The van der Waals surface area contributed by atoms with Crippen molar-refractivity contribution in [2.24, 2.45) is 5.92 Å². The van der Waals surface area contributed by atoms with Gasteiger partial charge in [-0.1, -0.05) is 13.8 Å². The van der Waals surface area contributed by atoms with Crippen LogP contribution in [-0.2, 0) is 9.53 Å². The number of ether oxygens (including phenoxy) is 1. The molecule has 1 fully saturated rings. The minimum Gasteiger partial charge on any atom is -0.393 e. The van der Waals surface area contributed by atoms with Crippen LogP contribution in [-0.4, -0.2) is 61.4 Å². The van der Waals surface area contributed by atoms with Gasteiger partial charge in [-0.05, 0) is 25.2 Å². The number of carbonyl (C=O) groups excluding carboxylic acids is 1. The zero-order chi connectivity index (χ0) is 14.1. The molecule has 1 aliphatic heterocycles. The molecule has 0 spiro atoms. The van der Waals surface area contributed by atoms with Gasteiger partial charge in [0.2, 0.25) is 5.91 Å². The van der Waals surface area contributed by atoms with E-state index in [1.54, 1.807) is 0 Å². The largest absolute Gasteiger partial charge is 0.393 e. The Morgan fingerprint density at radius 1 is 1.37 bits per heavy atom. The molecule has 1 amide bonds. The fourth-order valence-electron chi connectivity index (χ4n) is 2.02. The molecule has 0 aliphatic carbocycles. The molecule has 1 saturated heterocycles. The van der Waals surface area contributed by atoms with Gasteiger partial charge >= 0.3 is 0 Å². The lowest BCUT2D eigenvalue weighted by atomic mass is 10.1. The lowest BCUT2D eigenvalue weighted by Crippen LogP contribution is -2.43. The maximum Gasteiger partial charge on any atom is 0.234 e. The van der Waals surface area contributed by atoms with Crippen LogP contribution in [0.1, 0.15) is 33.1 Å². The van der Waals surface area contributed by atoms with E-state index in [-0.39, 0.29) is 12.0 Å². The first-order valence-corrected chi connectivity index (χ1v) is 7.32. The average Bonchev–Trinajstić information content (AvgIpc) is 2.36. The van der Waals surface area contributed by atoms with Gasteiger partial charge in [0, 0.05) is 26.2 Å². The number of amides is 1. The van der Waals surface area contributed by atoms with E-state index in [9.17, 15) is 9.90 Å². The zero-order valence-corrected chi connectivity index (χ0v) is 12.2. The average molecular weight is 272 g/mol. The topological polar surface area (TPSA) is 61.8 Å². The Labute approximate surface area is 116 Å². The van der Waals surface area contributed by atoms with Crippen molar-refractivity contribution in [1.82, 2.24) is 10.2 Å². The van der Waals surface area contributed by atoms with Crippen molar-refractivity contribution < 1.29 is 14.6 Å². The molecule has 0 radical (unpaired) electrons. The van der Waals surface area contributed by atoms with Gasteiger partial charge in [-0.3, -0.25) is 9.69 Å². The van der Waals surface area contributed by atoms with Gasteiger partial charge in [0.1, 0.15) is 0 Å². The predicted octanol–water partition coefficient (Wildman–Crippen LogP) is 0.622. The number of hydrogen-bond acceptors (Lipinski definition) is 4. The van der Waals surface area contributed by atoms with Crippen LogP contribution in [0.2, 0.25) is 0 Å². The van der Waals surface area contributed by atoms with Gasteiger partial charge in [-0.2, -0.15) is 0 Å². The van der Waals surface area contributed by atoms with Crippen LogP contribution >= 0.6 is 0 Å². The van der Waals surface area contributed by atoms with E-state index in [1.165, 1.54) is 0 Å². The fraction of sp³-hybridized carbons (Fsp3) is 0.929. The second-order valence-electron chi connectivity index (χ2n) is 5.65. The molecule has 0 saturated carbocycles. The van der Waals surface area contributed by atoms with Crippen LogP contribution < -0.4 is 5.32 Å². The molecule has 0 aromatic heterocycles. The highest BCUT2D eigenvalue weighted by molar-refractivity contribution is 5.77. The lowest BCUT2D eigenvalue weighted by Gasteiger charge is -2.28. The zero-order valence-electron chi connectivity index (χ0n) is 12.2. The number of piperidine rings is 1. The summed E-state index contributed by atoms with van der Waals surface area (Å²) in [4.78, 5) is 13.7. The van der Waals surface area contributed by atoms with Gasteiger partial charge in [0.05, 0.1) is 19.3 Å². The molecule has 1 aliphatic rings. The molecule has 2 N–H and O–H groups in total. The van der Waals surface area contributed by atoms with Gasteiger partial charge < -0.3 is 15.2 Å². The highest BCUT2D eigenvalue weighted by Crippen LogP contribution is 2.08. The Morgan fingerprint density at radius 3 is 2.68 bits per heavy atom. The number of carbonyl (C=O) groups is 1. The summed E-state index contributed by atoms with van der Waals surface area (Å²) in [6.45, 7) is 8.29. The maximum absolute atomic E-state index is 11.7. The molecule has 1 rings (SSSR count). The maximum atomic E-state index is 11.7. The summed E-state index contributed by atoms with van der Waals surface area (Å²) in [5.74, 6) is 0.702. The second kappa shape index (κ2) is 9.28. The van der Waals surface area contributed by atoms with Crippen molar-refractivity contribution >= 4 is 5.91 Å². The van der Waals surface area contributed by atoms with E-state index < -0.39 is 0 Å². The Morgan fingerprint density at radius 2 is 2.05 bits per heavy atom. The summed E-state index contributed by atoms with van der Waals surface area (Å²) >= 11 is 0. The van der Waals surface area contributed by atoms with Crippen molar-refractivity contribution in [2.45, 2.75) is 39.2 Å². The molecule has 0 aromatic rings. The van der Waals surface area contributed by atoms with Crippen LogP contribution in [0, 0.1) is 5.92 Å². The van der Waals surface area contributed by atoms with Crippen LogP contribution in [0.5, 0.6) is 0 Å². The first kappa shape index (κ1) is 16.4. The SMILES string of the molecule is CC(C)CCOCCNC(=O)CN1CCC(O)CC1. The third kappa shape index (κ3) is 8.18. The van der Waals surface area contributed by atoms with Gasteiger partial charge in [-0.25, -0.2) is 0 Å². The molecule has 0 aromatic carbocycles. The Kier molecular flexibility index (Phi) is 8.02. The third-order valence-electron chi connectivity index (χ3n) is 3.33. The first-order chi connectivity index (χ1) is 9.08. The molecular formula is C14H28N2O3. The second-order valence-corrected chi connectivity index (χ2v) is 5.65. The van der Waals surface area contributed by atoms with Crippen molar-refractivity contribution in [1.29, 1.82) is 0 Å². The standard InChI is InChI=1S/C14H28N2O3/c1-12(2)5-9-19-10-6-15-14(18)11-16-7-3-13(17)4-8-16/h12-13,17H,3-11H2,1-2H3,(H,15,18). The van der Waals surface area contributed by atoms with Crippen molar-refractivity contribution in [3.63, 3.8) is 0 Å². The molecule has 0 bridgehead atoms. The summed E-state index contributed by atoms with van der Waals surface area (Å²) in [6, 6.07) is 0. The van der Waals surface area contributed by atoms with Gasteiger partial charge in [0.15, 0.2) is 0 Å². The summed E-state index contributed by atoms with van der Waals surface area (Å²) in [7, 11) is 0. The minimum absolute atomic E-state index is 0.0452. The summed E-state index contributed by atoms with van der Waals surface area (Å²) in [6.07, 6.45) is 2.41. The van der Waals surface area contributed by atoms with Gasteiger partial charge in [0.25, 0.3) is 0 Å². The van der Waals surface area contributed by atoms with Crippen LogP contribution in [0.15, 0.2) is 0 Å². The Balaban J connectivity index is 1.96. The van der Waals surface area contributed by atoms with Crippen molar-refractivity contribution in [2.75, 3.05) is 39.4 Å². The third-order valence-corrected chi connectivity index (χ3v) is 3.33. The molecule has 5 nitrogen and oxygen atoms in total. The smallest absolute Gasteiger partial charge is 0.234 e. The quantitative estimate of drug-likeness (QED) is 0.636. The Hall–Kier alpha value is -0.650. The number of likely N-dealkylation sites (tertiary alicyclic amines) is 1. The molecule has 0 unspecified atom stereocenters. The molecule has 112 valence electrons. The van der Waals surface area contributed by atoms with Crippen LogP contribution in [0.3, 0.4) is 0 Å². The van der Waals surface area contributed by atoms with E-state index >= 15 is 0 Å². The number of aliphatic hydroxyl groups excluding tert-OH is 1. The fourth-order valence-corrected chi connectivity index (χ4v) is 2.02. The molecule has 1 heterocycles. The molecule has 5 heteroatoms. The van der Waals surface area contributed by atoms with E-state index in [4.69, 9.17) is 4.74 Å². The molecule has 19 heavy (non-hydrogen) atoms. The summed E-state index contributed by atoms with van der Waals surface area (Å²) in [5.41, 5.74) is 0. The van der Waals surface area contributed by atoms with Crippen molar-refractivity contribution in [3.05, 3.63) is 0 Å². The number of hydrogen-bond donors (Lipinski definition) is 2. The molecule has 0 atom stereocenters. The Bertz CT molecular complexity index is 251. The van der Waals surface area contributed by atoms with E-state index in [0.29, 0.717) is 25.6 Å². The van der Waals surface area contributed by atoms with Crippen LogP contribution in [0.4, 0.5) is 0 Å². The minimum atomic E-state index is -0.186. The number of aliphatic hydroxyl groups is 1. The monoisotopic (exact) mass is 272 g/mol. The first-order valence-electron chi connectivity index (χ1n) is 7.32. The lowest BCUT2D eigenvalue weighted by molar-refractivity contribution is -0.123. The number of rotatable bonds is 8. The molecular weight excluding hydrogens is 244 g/mol. The van der Waals surface area contributed by atoms with Crippen LogP contribution in [0.25, 0.3) is 0 Å². The normalized spacial score (nSPS) is 17.9. The number of nitrogens with zero attached hydrogens (tertiary/aromatic N) is 1.